The highest BCUT2D eigenvalue weighted by molar-refractivity contribution is 5.79. The molecule has 1 amide bonds. The predicted molar refractivity (Wildman–Crippen MR) is 60.0 cm³/mol. The van der Waals surface area contributed by atoms with Crippen LogP contribution >= 0.6 is 0 Å². The first-order valence-corrected chi connectivity index (χ1v) is 6.43. The summed E-state index contributed by atoms with van der Waals surface area (Å²) >= 11 is 0. The average Bonchev–Trinajstić information content (AvgIpc) is 2.98. The fraction of sp³-hybridized carbons (Fsp3) is 0.917. The number of rotatable bonds is 1. The molecule has 0 aromatic heterocycles. The van der Waals surface area contributed by atoms with Crippen LogP contribution in [-0.2, 0) is 9.53 Å². The van der Waals surface area contributed by atoms with E-state index in [2.05, 4.69) is 5.32 Å². The first-order chi connectivity index (χ1) is 7.86. The van der Waals surface area contributed by atoms with E-state index >= 15 is 0 Å². The van der Waals surface area contributed by atoms with E-state index in [0.29, 0.717) is 24.3 Å². The van der Waals surface area contributed by atoms with Gasteiger partial charge in [-0.05, 0) is 31.2 Å². The SMILES string of the molecule is O=C([C@@H]1COC[C@H]2CNC[C@H]21)N1CCCC1. The average molecular weight is 224 g/mol. The van der Waals surface area contributed by atoms with Crippen LogP contribution in [0.3, 0.4) is 0 Å². The molecule has 16 heavy (non-hydrogen) atoms. The maximum atomic E-state index is 12.4. The van der Waals surface area contributed by atoms with Gasteiger partial charge in [0.05, 0.1) is 19.1 Å². The lowest BCUT2D eigenvalue weighted by atomic mass is 9.82. The highest BCUT2D eigenvalue weighted by Crippen LogP contribution is 2.31. The molecule has 0 radical (unpaired) electrons. The summed E-state index contributed by atoms with van der Waals surface area (Å²) in [6.07, 6.45) is 2.34. The van der Waals surface area contributed by atoms with E-state index < -0.39 is 0 Å². The summed E-state index contributed by atoms with van der Waals surface area (Å²) in [5, 5.41) is 3.39. The van der Waals surface area contributed by atoms with Crippen LogP contribution in [0.4, 0.5) is 0 Å². The second-order valence-corrected chi connectivity index (χ2v) is 5.26. The number of nitrogens with one attached hydrogen (secondary N) is 1. The standard InChI is InChI=1S/C12H20N2O2/c15-12(14-3-1-2-4-14)11-8-16-7-9-5-13-6-10(9)11/h9-11,13H,1-8H2/t9-,10-,11-/m1/s1. The second kappa shape index (κ2) is 4.34. The first-order valence-electron chi connectivity index (χ1n) is 6.43. The Morgan fingerprint density at radius 3 is 2.81 bits per heavy atom. The Hall–Kier alpha value is -0.610. The monoisotopic (exact) mass is 224 g/mol. The zero-order chi connectivity index (χ0) is 11.0. The van der Waals surface area contributed by atoms with E-state index in [0.717, 1.165) is 32.8 Å². The molecular formula is C12H20N2O2. The van der Waals surface area contributed by atoms with Crippen LogP contribution in [-0.4, -0.2) is 50.2 Å². The Bertz CT molecular complexity index is 276. The topological polar surface area (TPSA) is 41.6 Å². The molecule has 3 atom stereocenters. The number of hydrogen-bond donors (Lipinski definition) is 1. The lowest BCUT2D eigenvalue weighted by molar-refractivity contribution is -0.143. The summed E-state index contributed by atoms with van der Waals surface area (Å²) in [5.41, 5.74) is 0. The molecule has 3 aliphatic rings. The maximum Gasteiger partial charge on any atom is 0.228 e. The summed E-state index contributed by atoms with van der Waals surface area (Å²) in [6.45, 7) is 5.41. The number of likely N-dealkylation sites (tertiary alicyclic amines) is 1. The van der Waals surface area contributed by atoms with Crippen molar-refractivity contribution in [1.82, 2.24) is 10.2 Å². The van der Waals surface area contributed by atoms with Gasteiger partial charge < -0.3 is 15.0 Å². The van der Waals surface area contributed by atoms with Gasteiger partial charge in [-0.3, -0.25) is 4.79 Å². The Kier molecular flexibility index (Phi) is 2.86. The van der Waals surface area contributed by atoms with E-state index in [9.17, 15) is 4.79 Å². The molecule has 4 nitrogen and oxygen atoms in total. The molecule has 0 bridgehead atoms. The Balaban J connectivity index is 1.70. The Morgan fingerprint density at radius 1 is 1.19 bits per heavy atom. The molecule has 3 heterocycles. The summed E-state index contributed by atoms with van der Waals surface area (Å²) < 4.78 is 5.59. The van der Waals surface area contributed by atoms with Crippen molar-refractivity contribution in [2.75, 3.05) is 39.4 Å². The Morgan fingerprint density at radius 2 is 2.00 bits per heavy atom. The number of ether oxygens (including phenoxy) is 1. The zero-order valence-electron chi connectivity index (χ0n) is 9.65. The van der Waals surface area contributed by atoms with Gasteiger partial charge >= 0.3 is 0 Å². The molecule has 0 spiro atoms. The van der Waals surface area contributed by atoms with Crippen molar-refractivity contribution in [3.8, 4) is 0 Å². The summed E-state index contributed by atoms with van der Waals surface area (Å²) in [4.78, 5) is 14.4. The smallest absolute Gasteiger partial charge is 0.228 e. The van der Waals surface area contributed by atoms with Crippen molar-refractivity contribution in [2.45, 2.75) is 12.8 Å². The number of carbonyl (C=O) groups is 1. The van der Waals surface area contributed by atoms with E-state index in [-0.39, 0.29) is 5.92 Å². The third-order valence-electron chi connectivity index (χ3n) is 4.27. The minimum absolute atomic E-state index is 0.117. The molecule has 0 saturated carbocycles. The molecule has 90 valence electrons. The summed E-state index contributed by atoms with van der Waals surface area (Å²) in [6, 6.07) is 0. The van der Waals surface area contributed by atoms with Crippen molar-refractivity contribution in [3.63, 3.8) is 0 Å². The van der Waals surface area contributed by atoms with Crippen LogP contribution in [0.2, 0.25) is 0 Å². The largest absolute Gasteiger partial charge is 0.380 e. The van der Waals surface area contributed by atoms with Crippen LogP contribution < -0.4 is 5.32 Å². The van der Waals surface area contributed by atoms with Crippen LogP contribution in [0.1, 0.15) is 12.8 Å². The van der Waals surface area contributed by atoms with Crippen LogP contribution in [0, 0.1) is 17.8 Å². The van der Waals surface area contributed by atoms with Crippen molar-refractivity contribution >= 4 is 5.91 Å². The number of amides is 1. The quantitative estimate of drug-likeness (QED) is 0.686. The van der Waals surface area contributed by atoms with E-state index in [1.54, 1.807) is 0 Å². The highest BCUT2D eigenvalue weighted by Gasteiger charge is 2.42. The van der Waals surface area contributed by atoms with Gasteiger partial charge in [-0.25, -0.2) is 0 Å². The Labute approximate surface area is 96.3 Å². The summed E-state index contributed by atoms with van der Waals surface area (Å²) in [5.74, 6) is 1.54. The van der Waals surface area contributed by atoms with Crippen molar-refractivity contribution in [3.05, 3.63) is 0 Å². The number of fused-ring (bicyclic) bond motifs is 1. The van der Waals surface area contributed by atoms with Gasteiger partial charge in [0.15, 0.2) is 0 Å². The lowest BCUT2D eigenvalue weighted by Crippen LogP contribution is -2.45. The molecule has 1 N–H and O–H groups in total. The third kappa shape index (κ3) is 1.74. The van der Waals surface area contributed by atoms with Gasteiger partial charge in [0.25, 0.3) is 0 Å². The van der Waals surface area contributed by atoms with E-state index in [1.807, 2.05) is 4.90 Å². The molecule has 3 rings (SSSR count). The molecule has 4 heteroatoms. The molecule has 0 unspecified atom stereocenters. The van der Waals surface area contributed by atoms with Gasteiger partial charge in [-0.2, -0.15) is 0 Å². The number of carbonyl (C=O) groups excluding carboxylic acids is 1. The van der Waals surface area contributed by atoms with Crippen LogP contribution in [0.15, 0.2) is 0 Å². The molecule has 3 fully saturated rings. The minimum Gasteiger partial charge on any atom is -0.380 e. The highest BCUT2D eigenvalue weighted by atomic mass is 16.5. The van der Waals surface area contributed by atoms with E-state index in [1.165, 1.54) is 12.8 Å². The fourth-order valence-electron chi connectivity index (χ4n) is 3.30. The normalized spacial score (nSPS) is 38.8. The molecule has 0 aromatic rings. The molecule has 0 aromatic carbocycles. The van der Waals surface area contributed by atoms with Crippen molar-refractivity contribution in [2.24, 2.45) is 17.8 Å². The lowest BCUT2D eigenvalue weighted by Gasteiger charge is -2.34. The molecular weight excluding hydrogens is 204 g/mol. The second-order valence-electron chi connectivity index (χ2n) is 5.26. The minimum atomic E-state index is 0.117. The van der Waals surface area contributed by atoms with E-state index in [4.69, 9.17) is 4.74 Å². The van der Waals surface area contributed by atoms with Crippen LogP contribution in [0.5, 0.6) is 0 Å². The van der Waals surface area contributed by atoms with Gasteiger partial charge in [-0.15, -0.1) is 0 Å². The van der Waals surface area contributed by atoms with Crippen LogP contribution in [0.25, 0.3) is 0 Å². The van der Waals surface area contributed by atoms with Gasteiger partial charge in [0, 0.05) is 19.6 Å². The predicted octanol–water partition coefficient (Wildman–Crippen LogP) is 0.0908. The molecule has 0 aliphatic carbocycles. The molecule has 3 saturated heterocycles. The van der Waals surface area contributed by atoms with Gasteiger partial charge in [0.1, 0.15) is 0 Å². The van der Waals surface area contributed by atoms with Crippen molar-refractivity contribution < 1.29 is 9.53 Å². The van der Waals surface area contributed by atoms with Crippen molar-refractivity contribution in [1.29, 1.82) is 0 Å². The van der Waals surface area contributed by atoms with Gasteiger partial charge in [0.2, 0.25) is 5.91 Å². The number of nitrogens with zero attached hydrogens (tertiary/aromatic N) is 1. The summed E-state index contributed by atoms with van der Waals surface area (Å²) in [7, 11) is 0. The van der Waals surface area contributed by atoms with Gasteiger partial charge in [-0.1, -0.05) is 0 Å². The fourth-order valence-corrected chi connectivity index (χ4v) is 3.30. The molecule has 3 aliphatic heterocycles. The third-order valence-corrected chi connectivity index (χ3v) is 4.27. The first kappa shape index (κ1) is 10.5. The zero-order valence-corrected chi connectivity index (χ0v) is 9.65. The number of hydrogen-bond acceptors (Lipinski definition) is 3. The maximum absolute atomic E-state index is 12.4.